The summed E-state index contributed by atoms with van der Waals surface area (Å²) in [4.78, 5) is 16.8. The minimum absolute atomic E-state index is 0.0398. The molecule has 0 fully saturated rings. The quantitative estimate of drug-likeness (QED) is 0.559. The number of rotatable bonds is 5. The zero-order valence-corrected chi connectivity index (χ0v) is 16.0. The van der Waals surface area contributed by atoms with E-state index in [-0.39, 0.29) is 17.6 Å². The fourth-order valence-electron chi connectivity index (χ4n) is 3.11. The second-order valence-corrected chi connectivity index (χ2v) is 6.83. The Kier molecular flexibility index (Phi) is 4.90. The monoisotopic (exact) mass is 390 g/mol. The molecule has 1 N–H and O–H groups in total. The van der Waals surface area contributed by atoms with Gasteiger partial charge in [0.15, 0.2) is 0 Å². The molecule has 0 spiro atoms. The Morgan fingerprint density at radius 1 is 1.00 bits per heavy atom. The van der Waals surface area contributed by atoms with E-state index in [2.05, 4.69) is 20.5 Å². The fourth-order valence-corrected chi connectivity index (χ4v) is 3.11. The lowest BCUT2D eigenvalue weighted by Crippen LogP contribution is -2.15. The Morgan fingerprint density at radius 3 is 2.31 bits per heavy atom. The third-order valence-electron chi connectivity index (χ3n) is 4.48. The smallest absolute Gasteiger partial charge is 0.259 e. The van der Waals surface area contributed by atoms with Crippen LogP contribution in [0.15, 0.2) is 67.4 Å². The van der Waals surface area contributed by atoms with Crippen LogP contribution in [0.2, 0.25) is 0 Å². The maximum atomic E-state index is 13.3. The van der Waals surface area contributed by atoms with Gasteiger partial charge in [0, 0.05) is 5.69 Å². The maximum absolute atomic E-state index is 13.3. The van der Waals surface area contributed by atoms with Crippen molar-refractivity contribution in [3.05, 3.63) is 84.5 Å². The summed E-state index contributed by atoms with van der Waals surface area (Å²) in [6, 6.07) is 13.3. The van der Waals surface area contributed by atoms with Gasteiger partial charge in [-0.3, -0.25) is 4.79 Å². The summed E-state index contributed by atoms with van der Waals surface area (Å²) < 4.78 is 16.6. The van der Waals surface area contributed by atoms with Gasteiger partial charge in [0.25, 0.3) is 5.91 Å². The van der Waals surface area contributed by atoms with Gasteiger partial charge in [-0.25, -0.2) is 18.7 Å². The summed E-state index contributed by atoms with van der Waals surface area (Å²) in [5, 5.41) is 11.3. The Morgan fingerprint density at radius 2 is 1.69 bits per heavy atom. The van der Waals surface area contributed by atoms with Gasteiger partial charge in [-0.1, -0.05) is 13.8 Å². The first-order valence-corrected chi connectivity index (χ1v) is 9.13. The summed E-state index contributed by atoms with van der Waals surface area (Å²) in [6.07, 6.45) is 4.60. The zero-order valence-electron chi connectivity index (χ0n) is 16.0. The van der Waals surface area contributed by atoms with Crippen LogP contribution in [-0.2, 0) is 0 Å². The van der Waals surface area contributed by atoms with Crippen LogP contribution in [0.25, 0.3) is 11.4 Å². The van der Waals surface area contributed by atoms with Gasteiger partial charge in [0.1, 0.15) is 18.5 Å². The third kappa shape index (κ3) is 3.77. The van der Waals surface area contributed by atoms with Gasteiger partial charge < -0.3 is 5.32 Å². The second-order valence-electron chi connectivity index (χ2n) is 6.83. The molecule has 4 rings (SSSR count). The second kappa shape index (κ2) is 7.67. The highest BCUT2D eigenvalue weighted by Gasteiger charge is 2.21. The van der Waals surface area contributed by atoms with E-state index in [1.165, 1.54) is 24.7 Å². The van der Waals surface area contributed by atoms with E-state index in [1.54, 1.807) is 40.0 Å². The molecule has 0 aliphatic rings. The van der Waals surface area contributed by atoms with Crippen molar-refractivity contribution < 1.29 is 9.18 Å². The van der Waals surface area contributed by atoms with Crippen LogP contribution < -0.4 is 5.32 Å². The average Bonchev–Trinajstić information content (AvgIpc) is 3.39. The molecule has 0 saturated heterocycles. The van der Waals surface area contributed by atoms with Gasteiger partial charge in [-0.05, 0) is 54.4 Å². The van der Waals surface area contributed by atoms with E-state index in [0.717, 1.165) is 11.4 Å². The third-order valence-corrected chi connectivity index (χ3v) is 4.48. The van der Waals surface area contributed by atoms with Crippen molar-refractivity contribution in [2.75, 3.05) is 5.32 Å². The van der Waals surface area contributed by atoms with Crippen LogP contribution in [0, 0.1) is 5.82 Å². The van der Waals surface area contributed by atoms with Gasteiger partial charge in [-0.15, -0.1) is 0 Å². The van der Waals surface area contributed by atoms with Crippen molar-refractivity contribution in [1.29, 1.82) is 0 Å². The molecule has 4 aromatic rings. The molecule has 2 aromatic heterocycles. The summed E-state index contributed by atoms with van der Waals surface area (Å²) in [5.41, 5.74) is 3.43. The predicted octanol–water partition coefficient (Wildman–Crippen LogP) is 3.97. The number of nitrogens with zero attached hydrogens (tertiary/aromatic N) is 5. The molecule has 8 heteroatoms. The van der Waals surface area contributed by atoms with Crippen LogP contribution in [0.5, 0.6) is 0 Å². The number of benzene rings is 2. The van der Waals surface area contributed by atoms with Gasteiger partial charge in [-0.2, -0.15) is 10.2 Å². The van der Waals surface area contributed by atoms with E-state index in [9.17, 15) is 9.18 Å². The highest BCUT2D eigenvalue weighted by molar-refractivity contribution is 6.05. The van der Waals surface area contributed by atoms with Gasteiger partial charge >= 0.3 is 0 Å². The lowest BCUT2D eigenvalue weighted by Gasteiger charge is -2.13. The molecule has 0 saturated carbocycles. The molecule has 7 nitrogen and oxygen atoms in total. The van der Waals surface area contributed by atoms with Crippen molar-refractivity contribution in [3.63, 3.8) is 0 Å². The maximum Gasteiger partial charge on any atom is 0.259 e. The molecule has 146 valence electrons. The zero-order chi connectivity index (χ0) is 20.4. The van der Waals surface area contributed by atoms with E-state index in [4.69, 9.17) is 0 Å². The molecule has 2 heterocycles. The van der Waals surface area contributed by atoms with Crippen molar-refractivity contribution in [3.8, 4) is 11.4 Å². The first-order valence-electron chi connectivity index (χ1n) is 9.13. The summed E-state index contributed by atoms with van der Waals surface area (Å²) in [7, 11) is 0. The number of aromatic nitrogens is 5. The van der Waals surface area contributed by atoms with Crippen molar-refractivity contribution in [1.82, 2.24) is 24.5 Å². The van der Waals surface area contributed by atoms with Crippen molar-refractivity contribution in [2.45, 2.75) is 19.8 Å². The van der Waals surface area contributed by atoms with Crippen LogP contribution in [0.1, 0.15) is 35.8 Å². The molecule has 0 radical (unpaired) electrons. The van der Waals surface area contributed by atoms with E-state index in [0.29, 0.717) is 16.9 Å². The molecular formula is C21H19FN6O. The number of anilines is 1. The Balaban J connectivity index is 1.59. The fraction of sp³-hybridized carbons (Fsp3) is 0.143. The molecule has 0 aliphatic carbocycles. The summed E-state index contributed by atoms with van der Waals surface area (Å²) in [5.74, 6) is -0.534. The first kappa shape index (κ1) is 18.5. The Bertz CT molecular complexity index is 1120. The number of carbonyl (C=O) groups excluding carboxylic acids is 1. The van der Waals surface area contributed by atoms with Crippen molar-refractivity contribution in [2.24, 2.45) is 0 Å². The summed E-state index contributed by atoms with van der Waals surface area (Å²) in [6.45, 7) is 3.97. The number of nitrogens with one attached hydrogen (secondary N) is 1. The van der Waals surface area contributed by atoms with Crippen LogP contribution in [-0.4, -0.2) is 30.5 Å². The highest BCUT2D eigenvalue weighted by Crippen LogP contribution is 2.24. The Hall–Kier alpha value is -3.81. The molecule has 0 aliphatic heterocycles. The largest absolute Gasteiger partial charge is 0.322 e. The normalized spacial score (nSPS) is 11.0. The molecule has 2 aromatic carbocycles. The number of amides is 1. The van der Waals surface area contributed by atoms with Gasteiger partial charge in [0.2, 0.25) is 0 Å². The number of hydrogen-bond donors (Lipinski definition) is 1. The highest BCUT2D eigenvalue weighted by atomic mass is 19.1. The molecular weight excluding hydrogens is 371 g/mol. The number of hydrogen-bond acceptors (Lipinski definition) is 4. The SMILES string of the molecule is CC(C)c1c(C(=O)Nc2ccc(-n3cncn3)cc2)cnn1-c1ccc(F)cc1. The summed E-state index contributed by atoms with van der Waals surface area (Å²) >= 11 is 0. The first-order chi connectivity index (χ1) is 14.0. The minimum Gasteiger partial charge on any atom is -0.322 e. The van der Waals surface area contributed by atoms with Crippen molar-refractivity contribution >= 4 is 11.6 Å². The van der Waals surface area contributed by atoms with E-state index < -0.39 is 0 Å². The molecule has 0 unspecified atom stereocenters. The van der Waals surface area contributed by atoms with Gasteiger partial charge in [0.05, 0.1) is 28.8 Å². The average molecular weight is 390 g/mol. The predicted molar refractivity (Wildman–Crippen MR) is 107 cm³/mol. The lowest BCUT2D eigenvalue weighted by molar-refractivity contribution is 0.102. The Labute approximate surface area is 166 Å². The molecule has 0 bridgehead atoms. The van der Waals surface area contributed by atoms with Crippen LogP contribution in [0.3, 0.4) is 0 Å². The van der Waals surface area contributed by atoms with E-state index >= 15 is 0 Å². The minimum atomic E-state index is -0.320. The van der Waals surface area contributed by atoms with Crippen LogP contribution in [0.4, 0.5) is 10.1 Å². The molecule has 0 atom stereocenters. The van der Waals surface area contributed by atoms with Crippen LogP contribution >= 0.6 is 0 Å². The lowest BCUT2D eigenvalue weighted by atomic mass is 10.0. The molecule has 1 amide bonds. The van der Waals surface area contributed by atoms with E-state index in [1.807, 2.05) is 26.0 Å². The number of carbonyl (C=O) groups is 1. The topological polar surface area (TPSA) is 77.6 Å². The molecule has 29 heavy (non-hydrogen) atoms. The number of halogens is 1. The standard InChI is InChI=1S/C21H19FN6O/c1-14(2)20-19(11-24-28(20)18-7-3-15(22)4-8-18)21(29)26-16-5-9-17(10-6-16)27-13-23-12-25-27/h3-14H,1-2H3,(H,26,29).